The molecule has 0 spiro atoms. The summed E-state index contributed by atoms with van der Waals surface area (Å²) in [6.45, 7) is 3.47. The summed E-state index contributed by atoms with van der Waals surface area (Å²) in [6, 6.07) is 8.66. The van der Waals surface area contributed by atoms with Gasteiger partial charge in [0.1, 0.15) is 5.82 Å². The predicted octanol–water partition coefficient (Wildman–Crippen LogP) is 3.24. The maximum atomic E-state index is 13.2. The standard InChI is InChI=1S/C19H24FN3O/c1-14(9-15-5-4-6-16(20)11-15)10-19(24)21-13-17-12-18-7-2-3-8-23(18)22-17/h4-6,11-12,14H,2-3,7-10,13H2,1H3,(H,21,24). The molecule has 5 heteroatoms. The molecule has 1 aliphatic heterocycles. The van der Waals surface area contributed by atoms with Gasteiger partial charge in [-0.2, -0.15) is 5.10 Å². The van der Waals surface area contributed by atoms with Crippen LogP contribution in [0.4, 0.5) is 4.39 Å². The fraction of sp³-hybridized carbons (Fsp3) is 0.474. The van der Waals surface area contributed by atoms with Gasteiger partial charge in [0.25, 0.3) is 0 Å². The number of halogens is 1. The highest BCUT2D eigenvalue weighted by atomic mass is 19.1. The van der Waals surface area contributed by atoms with Crippen molar-refractivity contribution in [1.82, 2.24) is 15.1 Å². The fourth-order valence-electron chi connectivity index (χ4n) is 3.28. The van der Waals surface area contributed by atoms with Crippen molar-refractivity contribution in [2.24, 2.45) is 5.92 Å². The average Bonchev–Trinajstić information content (AvgIpc) is 2.95. The first kappa shape index (κ1) is 16.7. The zero-order valence-electron chi connectivity index (χ0n) is 14.1. The van der Waals surface area contributed by atoms with E-state index in [9.17, 15) is 9.18 Å². The summed E-state index contributed by atoms with van der Waals surface area (Å²) in [4.78, 5) is 12.1. The van der Waals surface area contributed by atoms with Crippen molar-refractivity contribution in [2.75, 3.05) is 0 Å². The van der Waals surface area contributed by atoms with E-state index in [1.807, 2.05) is 13.0 Å². The third-order valence-electron chi connectivity index (χ3n) is 4.44. The van der Waals surface area contributed by atoms with E-state index in [2.05, 4.69) is 21.2 Å². The van der Waals surface area contributed by atoms with Gasteiger partial charge in [0.2, 0.25) is 5.91 Å². The Morgan fingerprint density at radius 2 is 2.25 bits per heavy atom. The van der Waals surface area contributed by atoms with Gasteiger partial charge in [0.05, 0.1) is 12.2 Å². The van der Waals surface area contributed by atoms with Gasteiger partial charge in [0, 0.05) is 18.7 Å². The lowest BCUT2D eigenvalue weighted by atomic mass is 9.98. The SMILES string of the molecule is CC(CC(=O)NCc1cc2n(n1)CCCC2)Cc1cccc(F)c1. The van der Waals surface area contributed by atoms with Crippen molar-refractivity contribution >= 4 is 5.91 Å². The van der Waals surface area contributed by atoms with Gasteiger partial charge in [-0.1, -0.05) is 19.1 Å². The third-order valence-corrected chi connectivity index (χ3v) is 4.44. The first-order valence-electron chi connectivity index (χ1n) is 8.67. The molecular formula is C19H24FN3O. The normalized spacial score (nSPS) is 14.9. The van der Waals surface area contributed by atoms with Crippen molar-refractivity contribution in [3.05, 3.63) is 53.1 Å². The minimum absolute atomic E-state index is 0.0184. The second kappa shape index (κ2) is 7.60. The van der Waals surface area contributed by atoms with Crippen LogP contribution < -0.4 is 5.32 Å². The molecule has 0 aliphatic carbocycles. The Hall–Kier alpha value is -2.17. The molecule has 1 amide bonds. The summed E-state index contributed by atoms with van der Waals surface area (Å²) in [6.07, 6.45) is 4.60. The van der Waals surface area contributed by atoms with E-state index in [1.54, 1.807) is 6.07 Å². The maximum Gasteiger partial charge on any atom is 0.220 e. The number of aromatic nitrogens is 2. The summed E-state index contributed by atoms with van der Waals surface area (Å²) in [5.41, 5.74) is 3.13. The summed E-state index contributed by atoms with van der Waals surface area (Å²) in [5.74, 6) is -0.0419. The molecule has 3 rings (SSSR count). The van der Waals surface area contributed by atoms with Crippen LogP contribution in [0.3, 0.4) is 0 Å². The van der Waals surface area contributed by atoms with Crippen LogP contribution in [0.5, 0.6) is 0 Å². The number of hydrogen-bond acceptors (Lipinski definition) is 2. The van der Waals surface area contributed by atoms with Crippen LogP contribution in [0.2, 0.25) is 0 Å². The Balaban J connectivity index is 1.46. The van der Waals surface area contributed by atoms with Crippen LogP contribution in [-0.2, 0) is 30.7 Å². The quantitative estimate of drug-likeness (QED) is 0.884. The highest BCUT2D eigenvalue weighted by Gasteiger charge is 2.14. The van der Waals surface area contributed by atoms with Crippen LogP contribution >= 0.6 is 0 Å². The highest BCUT2D eigenvalue weighted by molar-refractivity contribution is 5.76. The number of nitrogens with zero attached hydrogens (tertiary/aromatic N) is 2. The van der Waals surface area contributed by atoms with Crippen molar-refractivity contribution in [1.29, 1.82) is 0 Å². The van der Waals surface area contributed by atoms with Gasteiger partial charge in [-0.15, -0.1) is 0 Å². The van der Waals surface area contributed by atoms with Gasteiger partial charge < -0.3 is 5.32 Å². The van der Waals surface area contributed by atoms with Crippen molar-refractivity contribution in [3.63, 3.8) is 0 Å². The van der Waals surface area contributed by atoms with Gasteiger partial charge >= 0.3 is 0 Å². The molecule has 1 aromatic heterocycles. The fourth-order valence-corrected chi connectivity index (χ4v) is 3.28. The molecule has 4 nitrogen and oxygen atoms in total. The molecule has 0 saturated carbocycles. The number of rotatable bonds is 6. The Morgan fingerprint density at radius 1 is 1.38 bits per heavy atom. The number of nitrogens with one attached hydrogen (secondary N) is 1. The molecule has 1 N–H and O–H groups in total. The topological polar surface area (TPSA) is 46.9 Å². The van der Waals surface area contributed by atoms with E-state index in [1.165, 1.54) is 30.7 Å². The molecule has 0 fully saturated rings. The number of benzene rings is 1. The molecule has 1 atom stereocenters. The Kier molecular flexibility index (Phi) is 5.28. The molecule has 0 radical (unpaired) electrons. The zero-order valence-corrected chi connectivity index (χ0v) is 14.1. The lowest BCUT2D eigenvalue weighted by Gasteiger charge is -2.12. The number of hydrogen-bond donors (Lipinski definition) is 1. The van der Waals surface area contributed by atoms with Crippen molar-refractivity contribution < 1.29 is 9.18 Å². The van der Waals surface area contributed by atoms with Crippen LogP contribution in [0.15, 0.2) is 30.3 Å². The first-order chi connectivity index (χ1) is 11.6. The minimum atomic E-state index is -0.229. The molecule has 0 bridgehead atoms. The Bertz CT molecular complexity index is 687. The third kappa shape index (κ3) is 4.43. The summed E-state index contributed by atoms with van der Waals surface area (Å²) in [7, 11) is 0. The minimum Gasteiger partial charge on any atom is -0.350 e. The van der Waals surface area contributed by atoms with Crippen LogP contribution in [0, 0.1) is 11.7 Å². The molecule has 2 heterocycles. The number of carbonyl (C=O) groups is 1. The number of aryl methyl sites for hydroxylation is 2. The molecular weight excluding hydrogens is 305 g/mol. The van der Waals surface area contributed by atoms with Gasteiger partial charge in [-0.25, -0.2) is 4.39 Å². The summed E-state index contributed by atoms with van der Waals surface area (Å²) >= 11 is 0. The van der Waals surface area contributed by atoms with Crippen molar-refractivity contribution in [2.45, 2.75) is 52.1 Å². The number of carbonyl (C=O) groups excluding carboxylic acids is 1. The Morgan fingerprint density at radius 3 is 3.04 bits per heavy atom. The number of fused-ring (bicyclic) bond motifs is 1. The lowest BCUT2D eigenvalue weighted by molar-refractivity contribution is -0.122. The van der Waals surface area contributed by atoms with E-state index < -0.39 is 0 Å². The average molecular weight is 329 g/mol. The molecule has 0 saturated heterocycles. The van der Waals surface area contributed by atoms with E-state index in [-0.39, 0.29) is 17.6 Å². The Labute approximate surface area is 142 Å². The predicted molar refractivity (Wildman–Crippen MR) is 90.9 cm³/mol. The number of amides is 1. The zero-order chi connectivity index (χ0) is 16.9. The summed E-state index contributed by atoms with van der Waals surface area (Å²) in [5, 5.41) is 7.49. The van der Waals surface area contributed by atoms with Gasteiger partial charge in [0.15, 0.2) is 0 Å². The molecule has 2 aromatic rings. The van der Waals surface area contributed by atoms with Crippen LogP contribution in [0.1, 0.15) is 43.1 Å². The van der Waals surface area contributed by atoms with Crippen LogP contribution in [0.25, 0.3) is 0 Å². The van der Waals surface area contributed by atoms with Crippen molar-refractivity contribution in [3.8, 4) is 0 Å². The molecule has 1 unspecified atom stereocenters. The maximum absolute atomic E-state index is 13.2. The first-order valence-corrected chi connectivity index (χ1v) is 8.67. The summed E-state index contributed by atoms with van der Waals surface area (Å²) < 4.78 is 15.3. The van der Waals surface area contributed by atoms with E-state index >= 15 is 0 Å². The largest absolute Gasteiger partial charge is 0.350 e. The second-order valence-electron chi connectivity index (χ2n) is 6.73. The van der Waals surface area contributed by atoms with E-state index in [4.69, 9.17) is 0 Å². The second-order valence-corrected chi connectivity index (χ2v) is 6.73. The van der Waals surface area contributed by atoms with Gasteiger partial charge in [-0.05, 0) is 55.4 Å². The van der Waals surface area contributed by atoms with E-state index in [0.717, 1.165) is 24.2 Å². The molecule has 1 aliphatic rings. The molecule has 24 heavy (non-hydrogen) atoms. The monoisotopic (exact) mass is 329 g/mol. The molecule has 128 valence electrons. The van der Waals surface area contributed by atoms with Gasteiger partial charge in [-0.3, -0.25) is 9.48 Å². The molecule has 1 aromatic carbocycles. The smallest absolute Gasteiger partial charge is 0.220 e. The van der Waals surface area contributed by atoms with E-state index in [0.29, 0.717) is 19.4 Å². The van der Waals surface area contributed by atoms with Crippen LogP contribution in [-0.4, -0.2) is 15.7 Å². The highest BCUT2D eigenvalue weighted by Crippen LogP contribution is 2.16. The lowest BCUT2D eigenvalue weighted by Crippen LogP contribution is -2.25.